The first-order chi connectivity index (χ1) is 11.8. The Labute approximate surface area is 145 Å². The Kier molecular flexibility index (Phi) is 4.45. The van der Waals surface area contributed by atoms with Crippen LogP contribution in [0.4, 0.5) is 10.1 Å². The van der Waals surface area contributed by atoms with Gasteiger partial charge >= 0.3 is 5.97 Å². The minimum Gasteiger partial charge on any atom is -0.461 e. The Bertz CT molecular complexity index is 768. The first-order valence-corrected chi connectivity index (χ1v) is 8.26. The number of halogens is 1. The predicted molar refractivity (Wildman–Crippen MR) is 89.3 cm³/mol. The van der Waals surface area contributed by atoms with Gasteiger partial charge in [-0.1, -0.05) is 0 Å². The average Bonchev–Trinajstić information content (AvgIpc) is 2.52. The Morgan fingerprint density at radius 1 is 1.20 bits per heavy atom. The quantitative estimate of drug-likeness (QED) is 0.788. The van der Waals surface area contributed by atoms with Crippen molar-refractivity contribution < 1.29 is 23.5 Å². The van der Waals surface area contributed by atoms with Crippen molar-refractivity contribution in [2.75, 3.05) is 4.90 Å². The van der Waals surface area contributed by atoms with Gasteiger partial charge < -0.3 is 9.64 Å². The Balaban J connectivity index is 2.10. The molecule has 1 fully saturated rings. The molecule has 1 aliphatic carbocycles. The van der Waals surface area contributed by atoms with Gasteiger partial charge in [-0.05, 0) is 44.5 Å². The Morgan fingerprint density at radius 3 is 2.40 bits per heavy atom. The number of esters is 1. The molecule has 3 atom stereocenters. The maximum Gasteiger partial charge on any atom is 0.302 e. The molecule has 25 heavy (non-hydrogen) atoms. The third-order valence-corrected chi connectivity index (χ3v) is 4.94. The number of allylic oxidation sites excluding steroid dienone is 1. The summed E-state index contributed by atoms with van der Waals surface area (Å²) in [5.41, 5.74) is 1.89. The zero-order valence-corrected chi connectivity index (χ0v) is 14.4. The highest BCUT2D eigenvalue weighted by Gasteiger charge is 2.48. The number of rotatable bonds is 3. The lowest BCUT2D eigenvalue weighted by Crippen LogP contribution is -2.54. The molecule has 1 aromatic carbocycles. The summed E-state index contributed by atoms with van der Waals surface area (Å²) in [6, 6.07) is 5.42. The van der Waals surface area contributed by atoms with E-state index in [2.05, 4.69) is 0 Å². The van der Waals surface area contributed by atoms with Crippen LogP contribution in [0.15, 0.2) is 35.5 Å². The summed E-state index contributed by atoms with van der Waals surface area (Å²) in [6.07, 6.45) is -0.123. The second kappa shape index (κ2) is 6.43. The van der Waals surface area contributed by atoms with E-state index >= 15 is 0 Å². The number of nitrogens with zero attached hydrogens (tertiary/aromatic N) is 1. The molecule has 0 saturated heterocycles. The zero-order valence-electron chi connectivity index (χ0n) is 14.4. The summed E-state index contributed by atoms with van der Waals surface area (Å²) in [4.78, 5) is 38.1. The summed E-state index contributed by atoms with van der Waals surface area (Å²) in [5.74, 6) is -1.27. The predicted octanol–water partition coefficient (Wildman–Crippen LogP) is 2.79. The highest BCUT2D eigenvalue weighted by molar-refractivity contribution is 5.99. The second-order valence-corrected chi connectivity index (χ2v) is 6.58. The van der Waals surface area contributed by atoms with Crippen molar-refractivity contribution in [3.05, 3.63) is 41.4 Å². The van der Waals surface area contributed by atoms with Gasteiger partial charge in [0, 0.05) is 36.2 Å². The second-order valence-electron chi connectivity index (χ2n) is 6.58. The molecule has 0 aromatic heterocycles. The van der Waals surface area contributed by atoms with E-state index in [1.54, 1.807) is 24.0 Å². The summed E-state index contributed by atoms with van der Waals surface area (Å²) < 4.78 is 18.6. The van der Waals surface area contributed by atoms with E-state index in [1.165, 1.54) is 26.0 Å². The lowest BCUT2D eigenvalue weighted by molar-refractivity contribution is -0.152. The molecular weight excluding hydrogens is 325 g/mol. The number of hydrogen-bond acceptors (Lipinski definition) is 5. The summed E-state index contributed by atoms with van der Waals surface area (Å²) in [6.45, 7) is 4.56. The Morgan fingerprint density at radius 2 is 1.84 bits per heavy atom. The maximum absolute atomic E-state index is 13.3. The topological polar surface area (TPSA) is 63.7 Å². The normalized spacial score (nSPS) is 25.8. The number of Topliss-reactive ketones (excluding diaryl/α,β-unsaturated/α-hetero) is 2. The number of anilines is 1. The molecule has 2 aliphatic rings. The first kappa shape index (κ1) is 17.3. The van der Waals surface area contributed by atoms with E-state index < -0.39 is 18.1 Å². The fraction of sp³-hybridized carbons (Fsp3) is 0.421. The number of carbonyl (C=O) groups is 3. The molecule has 3 rings (SSSR count). The van der Waals surface area contributed by atoms with E-state index in [4.69, 9.17) is 4.74 Å². The van der Waals surface area contributed by atoms with Crippen LogP contribution in [0.3, 0.4) is 0 Å². The van der Waals surface area contributed by atoms with E-state index in [0.717, 1.165) is 0 Å². The third-order valence-electron chi connectivity index (χ3n) is 4.94. The standard InChI is InChI=1S/C19H20FNO4/c1-10-19(11(2)22)15-8-16(17(24)9-18(15)25-12(3)23)21(10)14-6-4-13(20)5-7-14/h4-7,15-16,18H,8-9H2,1-3H3/t15-,16+,18+/m0/s1. The van der Waals surface area contributed by atoms with E-state index in [0.29, 0.717) is 23.4 Å². The van der Waals surface area contributed by atoms with E-state index in [-0.39, 0.29) is 29.7 Å². The molecule has 6 heteroatoms. The molecule has 1 saturated carbocycles. The van der Waals surface area contributed by atoms with Crippen molar-refractivity contribution in [3.8, 4) is 0 Å². The van der Waals surface area contributed by atoms with Crippen molar-refractivity contribution in [2.24, 2.45) is 5.92 Å². The minimum atomic E-state index is -0.606. The lowest BCUT2D eigenvalue weighted by Gasteiger charge is -2.47. The number of fused-ring (bicyclic) bond motifs is 2. The first-order valence-electron chi connectivity index (χ1n) is 8.26. The van der Waals surface area contributed by atoms with Gasteiger partial charge in [0.1, 0.15) is 11.9 Å². The van der Waals surface area contributed by atoms with Crippen LogP contribution in [0.25, 0.3) is 0 Å². The van der Waals surface area contributed by atoms with Crippen LogP contribution in [0.1, 0.15) is 33.6 Å². The van der Waals surface area contributed by atoms with Crippen LogP contribution in [-0.4, -0.2) is 29.7 Å². The smallest absolute Gasteiger partial charge is 0.302 e. The molecule has 0 N–H and O–H groups in total. The zero-order chi connectivity index (χ0) is 18.3. The highest BCUT2D eigenvalue weighted by atomic mass is 19.1. The van der Waals surface area contributed by atoms with Gasteiger partial charge in [-0.2, -0.15) is 0 Å². The Hall–Kier alpha value is -2.50. The van der Waals surface area contributed by atoms with Gasteiger partial charge in [-0.25, -0.2) is 4.39 Å². The molecule has 0 radical (unpaired) electrons. The summed E-state index contributed by atoms with van der Waals surface area (Å²) in [5, 5.41) is 0. The number of ketones is 2. The molecule has 1 aromatic rings. The van der Waals surface area contributed by atoms with Crippen molar-refractivity contribution in [1.29, 1.82) is 0 Å². The largest absolute Gasteiger partial charge is 0.461 e. The van der Waals surface area contributed by atoms with Gasteiger partial charge in [0.25, 0.3) is 0 Å². The molecule has 0 spiro atoms. The van der Waals surface area contributed by atoms with Gasteiger partial charge in [-0.15, -0.1) is 0 Å². The molecule has 1 heterocycles. The summed E-state index contributed by atoms with van der Waals surface area (Å²) >= 11 is 0. The maximum atomic E-state index is 13.3. The van der Waals surface area contributed by atoms with Gasteiger partial charge in [-0.3, -0.25) is 14.4 Å². The van der Waals surface area contributed by atoms with Crippen molar-refractivity contribution >= 4 is 23.2 Å². The van der Waals surface area contributed by atoms with Crippen LogP contribution < -0.4 is 4.90 Å². The SMILES string of the molecule is CC(=O)O[C@@H]1CC(=O)[C@H]2C[C@@H]1C(C(C)=O)=C(C)N2c1ccc(F)cc1. The molecule has 132 valence electrons. The third kappa shape index (κ3) is 3.08. The van der Waals surface area contributed by atoms with Crippen LogP contribution in [0, 0.1) is 11.7 Å². The van der Waals surface area contributed by atoms with E-state index in [9.17, 15) is 18.8 Å². The number of carbonyl (C=O) groups excluding carboxylic acids is 3. The fourth-order valence-corrected chi connectivity index (χ4v) is 4.01. The molecule has 0 amide bonds. The molecule has 1 aliphatic heterocycles. The lowest BCUT2D eigenvalue weighted by atomic mass is 9.72. The fourth-order valence-electron chi connectivity index (χ4n) is 4.01. The molecular formula is C19H20FNO4. The highest BCUT2D eigenvalue weighted by Crippen LogP contribution is 2.43. The molecule has 2 bridgehead atoms. The van der Waals surface area contributed by atoms with Gasteiger partial charge in [0.05, 0.1) is 6.04 Å². The average molecular weight is 345 g/mol. The number of ether oxygens (including phenoxy) is 1. The van der Waals surface area contributed by atoms with Crippen molar-refractivity contribution in [1.82, 2.24) is 0 Å². The van der Waals surface area contributed by atoms with Crippen molar-refractivity contribution in [3.63, 3.8) is 0 Å². The van der Waals surface area contributed by atoms with Crippen LogP contribution in [0.5, 0.6) is 0 Å². The number of hydrogen-bond donors (Lipinski definition) is 0. The van der Waals surface area contributed by atoms with Crippen molar-refractivity contribution in [2.45, 2.75) is 45.8 Å². The molecule has 0 unspecified atom stereocenters. The van der Waals surface area contributed by atoms with Gasteiger partial charge in [0.15, 0.2) is 11.6 Å². The number of benzene rings is 1. The molecule has 5 nitrogen and oxygen atoms in total. The monoisotopic (exact) mass is 345 g/mol. The summed E-state index contributed by atoms with van der Waals surface area (Å²) in [7, 11) is 0. The van der Waals surface area contributed by atoms with E-state index in [1.807, 2.05) is 0 Å². The van der Waals surface area contributed by atoms with Crippen LogP contribution >= 0.6 is 0 Å². The minimum absolute atomic E-state index is 0.0474. The van der Waals surface area contributed by atoms with Crippen LogP contribution in [0.2, 0.25) is 0 Å². The van der Waals surface area contributed by atoms with Crippen LogP contribution in [-0.2, 0) is 19.1 Å². The van der Waals surface area contributed by atoms with Gasteiger partial charge in [0.2, 0.25) is 0 Å².